The van der Waals surface area contributed by atoms with Gasteiger partial charge >= 0.3 is 0 Å². The standard InChI is InChI=1S/C12H20N4O2/c1-9-6-16(4-3-15(9)2)7-11-5-10(8-18-11)12(17)14-13/h5,8-9H,3-4,6-7,13H2,1-2H3,(H,14,17). The Morgan fingerprint density at radius 3 is 3.06 bits per heavy atom. The van der Waals surface area contributed by atoms with Gasteiger partial charge in [0.1, 0.15) is 12.0 Å². The van der Waals surface area contributed by atoms with Crippen LogP contribution < -0.4 is 11.3 Å². The van der Waals surface area contributed by atoms with Crippen LogP contribution in [0.25, 0.3) is 0 Å². The number of nitrogens with zero attached hydrogens (tertiary/aromatic N) is 2. The van der Waals surface area contributed by atoms with Crippen molar-refractivity contribution in [1.82, 2.24) is 15.2 Å². The molecule has 1 amide bonds. The summed E-state index contributed by atoms with van der Waals surface area (Å²) in [6, 6.07) is 2.28. The Labute approximate surface area is 107 Å². The van der Waals surface area contributed by atoms with Gasteiger partial charge in [0.15, 0.2) is 0 Å². The van der Waals surface area contributed by atoms with E-state index in [9.17, 15) is 4.79 Å². The maximum atomic E-state index is 11.3. The van der Waals surface area contributed by atoms with E-state index in [0.29, 0.717) is 11.6 Å². The molecule has 0 saturated carbocycles. The van der Waals surface area contributed by atoms with E-state index in [1.165, 1.54) is 6.26 Å². The van der Waals surface area contributed by atoms with Crippen LogP contribution in [-0.4, -0.2) is 48.4 Å². The van der Waals surface area contributed by atoms with Gasteiger partial charge in [0.2, 0.25) is 0 Å². The van der Waals surface area contributed by atoms with Crippen molar-refractivity contribution in [1.29, 1.82) is 0 Å². The minimum absolute atomic E-state index is 0.322. The van der Waals surface area contributed by atoms with E-state index in [4.69, 9.17) is 10.3 Å². The molecule has 18 heavy (non-hydrogen) atoms. The van der Waals surface area contributed by atoms with E-state index < -0.39 is 0 Å². The molecule has 0 aliphatic carbocycles. The van der Waals surface area contributed by atoms with Crippen LogP contribution >= 0.6 is 0 Å². The molecule has 2 heterocycles. The van der Waals surface area contributed by atoms with Gasteiger partial charge in [-0.05, 0) is 20.0 Å². The number of rotatable bonds is 3. The molecule has 1 atom stereocenters. The molecule has 0 aromatic carbocycles. The van der Waals surface area contributed by atoms with Crippen LogP contribution in [-0.2, 0) is 6.54 Å². The second kappa shape index (κ2) is 5.51. The Balaban J connectivity index is 1.93. The molecule has 1 aromatic rings. The number of furan rings is 1. The minimum atomic E-state index is -0.322. The van der Waals surface area contributed by atoms with Crippen molar-refractivity contribution < 1.29 is 9.21 Å². The molecule has 2 rings (SSSR count). The maximum absolute atomic E-state index is 11.3. The van der Waals surface area contributed by atoms with E-state index in [0.717, 1.165) is 31.9 Å². The third-order valence-corrected chi connectivity index (χ3v) is 3.47. The van der Waals surface area contributed by atoms with E-state index in [-0.39, 0.29) is 5.91 Å². The number of likely N-dealkylation sites (N-methyl/N-ethyl adjacent to an activating group) is 1. The largest absolute Gasteiger partial charge is 0.467 e. The Kier molecular flexibility index (Phi) is 4.00. The van der Waals surface area contributed by atoms with Crippen molar-refractivity contribution in [3.8, 4) is 0 Å². The quantitative estimate of drug-likeness (QED) is 0.450. The highest BCUT2D eigenvalue weighted by atomic mass is 16.3. The van der Waals surface area contributed by atoms with Crippen molar-refractivity contribution in [3.63, 3.8) is 0 Å². The molecular formula is C12H20N4O2. The lowest BCUT2D eigenvalue weighted by Crippen LogP contribution is -2.49. The highest BCUT2D eigenvalue weighted by Crippen LogP contribution is 2.14. The SMILES string of the molecule is CC1CN(Cc2cc(C(=O)NN)co2)CCN1C. The molecule has 1 aliphatic rings. The van der Waals surface area contributed by atoms with E-state index in [1.54, 1.807) is 6.07 Å². The number of hydrogen-bond acceptors (Lipinski definition) is 5. The van der Waals surface area contributed by atoms with E-state index in [1.807, 2.05) is 0 Å². The number of hydrazine groups is 1. The molecule has 0 radical (unpaired) electrons. The summed E-state index contributed by atoms with van der Waals surface area (Å²) in [5, 5.41) is 0. The highest BCUT2D eigenvalue weighted by Gasteiger charge is 2.21. The maximum Gasteiger partial charge on any atom is 0.268 e. The van der Waals surface area contributed by atoms with Crippen molar-refractivity contribution in [2.24, 2.45) is 5.84 Å². The lowest BCUT2D eigenvalue weighted by Gasteiger charge is -2.37. The van der Waals surface area contributed by atoms with Crippen LogP contribution in [0.3, 0.4) is 0 Å². The van der Waals surface area contributed by atoms with Crippen LogP contribution in [0.4, 0.5) is 0 Å². The summed E-state index contributed by atoms with van der Waals surface area (Å²) in [6.45, 7) is 6.02. The molecule has 100 valence electrons. The average Bonchev–Trinajstić information content (AvgIpc) is 2.81. The van der Waals surface area contributed by atoms with E-state index >= 15 is 0 Å². The fourth-order valence-corrected chi connectivity index (χ4v) is 2.15. The topological polar surface area (TPSA) is 74.7 Å². The first kappa shape index (κ1) is 13.1. The van der Waals surface area contributed by atoms with Crippen LogP contribution in [0.2, 0.25) is 0 Å². The van der Waals surface area contributed by atoms with Crippen LogP contribution in [0, 0.1) is 0 Å². The van der Waals surface area contributed by atoms with Gasteiger partial charge in [0.25, 0.3) is 5.91 Å². The Morgan fingerprint density at radius 1 is 1.61 bits per heavy atom. The third-order valence-electron chi connectivity index (χ3n) is 3.47. The smallest absolute Gasteiger partial charge is 0.268 e. The molecule has 1 unspecified atom stereocenters. The summed E-state index contributed by atoms with van der Waals surface area (Å²) in [7, 11) is 2.14. The van der Waals surface area contributed by atoms with Gasteiger partial charge in [-0.25, -0.2) is 5.84 Å². The molecular weight excluding hydrogens is 232 g/mol. The van der Waals surface area contributed by atoms with Crippen molar-refractivity contribution >= 4 is 5.91 Å². The summed E-state index contributed by atoms with van der Waals surface area (Å²) in [4.78, 5) is 16.0. The zero-order valence-electron chi connectivity index (χ0n) is 10.8. The first-order valence-electron chi connectivity index (χ1n) is 6.11. The van der Waals surface area contributed by atoms with Crippen molar-refractivity contribution in [2.45, 2.75) is 19.5 Å². The summed E-state index contributed by atoms with van der Waals surface area (Å²) < 4.78 is 5.38. The zero-order valence-corrected chi connectivity index (χ0v) is 10.8. The first-order valence-corrected chi connectivity index (χ1v) is 6.11. The second-order valence-electron chi connectivity index (χ2n) is 4.84. The number of nitrogen functional groups attached to an aromatic ring is 1. The second-order valence-corrected chi connectivity index (χ2v) is 4.84. The fraction of sp³-hybridized carbons (Fsp3) is 0.583. The van der Waals surface area contributed by atoms with Gasteiger partial charge in [-0.1, -0.05) is 0 Å². The Bertz CT molecular complexity index is 418. The van der Waals surface area contributed by atoms with Gasteiger partial charge in [-0.2, -0.15) is 0 Å². The molecule has 6 nitrogen and oxygen atoms in total. The van der Waals surface area contributed by atoms with Gasteiger partial charge < -0.3 is 9.32 Å². The number of hydrogen-bond donors (Lipinski definition) is 2. The minimum Gasteiger partial charge on any atom is -0.467 e. The van der Waals surface area contributed by atoms with Gasteiger partial charge in [-0.3, -0.25) is 15.1 Å². The van der Waals surface area contributed by atoms with Gasteiger partial charge in [0, 0.05) is 25.7 Å². The summed E-state index contributed by atoms with van der Waals surface area (Å²) >= 11 is 0. The molecule has 3 N–H and O–H groups in total. The number of carbonyl (C=O) groups excluding carboxylic acids is 1. The van der Waals surface area contributed by atoms with Crippen LogP contribution in [0.1, 0.15) is 23.0 Å². The average molecular weight is 252 g/mol. The normalized spacial score (nSPS) is 22.1. The van der Waals surface area contributed by atoms with E-state index in [2.05, 4.69) is 29.2 Å². The molecule has 1 saturated heterocycles. The number of nitrogens with two attached hydrogens (primary N) is 1. The van der Waals surface area contributed by atoms with Crippen molar-refractivity contribution in [3.05, 3.63) is 23.7 Å². The van der Waals surface area contributed by atoms with Gasteiger partial charge in [-0.15, -0.1) is 0 Å². The molecule has 1 fully saturated rings. The van der Waals surface area contributed by atoms with Crippen LogP contribution in [0.5, 0.6) is 0 Å². The number of piperazine rings is 1. The Morgan fingerprint density at radius 2 is 2.39 bits per heavy atom. The lowest BCUT2D eigenvalue weighted by atomic mass is 10.2. The molecule has 0 spiro atoms. The van der Waals surface area contributed by atoms with Crippen LogP contribution in [0.15, 0.2) is 16.7 Å². The van der Waals surface area contributed by atoms with Gasteiger partial charge in [0.05, 0.1) is 12.1 Å². The molecule has 1 aliphatic heterocycles. The summed E-state index contributed by atoms with van der Waals surface area (Å²) in [6.07, 6.45) is 1.44. The predicted molar refractivity (Wildman–Crippen MR) is 67.7 cm³/mol. The van der Waals surface area contributed by atoms with Crippen molar-refractivity contribution in [2.75, 3.05) is 26.7 Å². The lowest BCUT2D eigenvalue weighted by molar-refractivity contribution is 0.0946. The molecule has 6 heteroatoms. The number of amides is 1. The number of carbonyl (C=O) groups is 1. The third kappa shape index (κ3) is 2.90. The zero-order chi connectivity index (χ0) is 13.1. The highest BCUT2D eigenvalue weighted by molar-refractivity contribution is 5.93. The first-order chi connectivity index (χ1) is 8.60. The predicted octanol–water partition coefficient (Wildman–Crippen LogP) is 0.0190. The molecule has 1 aromatic heterocycles. The fourth-order valence-electron chi connectivity index (χ4n) is 2.15. The summed E-state index contributed by atoms with van der Waals surface area (Å²) in [5.41, 5.74) is 2.56. The summed E-state index contributed by atoms with van der Waals surface area (Å²) in [5.74, 6) is 5.55. The number of nitrogens with one attached hydrogen (secondary N) is 1. The Hall–Kier alpha value is -1.37. The monoisotopic (exact) mass is 252 g/mol. The molecule has 0 bridgehead atoms.